The molecule has 0 saturated carbocycles. The van der Waals surface area contributed by atoms with E-state index >= 15 is 0 Å². The molecule has 0 aromatic heterocycles. The van der Waals surface area contributed by atoms with Crippen LogP contribution in [0.2, 0.25) is 0 Å². The van der Waals surface area contributed by atoms with Crippen LogP contribution in [0.1, 0.15) is 20.3 Å². The lowest BCUT2D eigenvalue weighted by atomic mass is 9.87. The number of thioether (sulfide) groups is 1. The Morgan fingerprint density at radius 1 is 1.18 bits per heavy atom. The largest absolute Gasteiger partial charge is 0.530 e. The van der Waals surface area contributed by atoms with E-state index < -0.39 is 36.3 Å². The Bertz CT molecular complexity index is 968. The quantitative estimate of drug-likeness (QED) is 0.227. The van der Waals surface area contributed by atoms with Crippen LogP contribution >= 0.6 is 19.6 Å². The molecule has 1 aromatic rings. The number of benzene rings is 1. The number of para-hydroxylation sites is 1. The Kier molecular flexibility index (Phi) is 10.3. The summed E-state index contributed by atoms with van der Waals surface area (Å²) in [4.78, 5) is 46.4. The normalized spacial score (nSPS) is 21.5. The van der Waals surface area contributed by atoms with E-state index in [9.17, 15) is 23.7 Å². The number of aliphatic carboxylic acids is 1. The summed E-state index contributed by atoms with van der Waals surface area (Å²) < 4.78 is 29.0. The molecule has 0 bridgehead atoms. The summed E-state index contributed by atoms with van der Waals surface area (Å²) in [5.74, 6) is -1.57. The van der Waals surface area contributed by atoms with Crippen molar-refractivity contribution in [2.45, 2.75) is 26.4 Å². The van der Waals surface area contributed by atoms with Crippen molar-refractivity contribution in [3.63, 3.8) is 0 Å². The van der Waals surface area contributed by atoms with Gasteiger partial charge in [-0.3, -0.25) is 23.4 Å². The number of carbonyl (C=O) groups excluding carboxylic acids is 3. The number of rotatable bonds is 11. The minimum atomic E-state index is -4.02. The molecule has 1 aliphatic rings. The molecular formula is C21H27N2O9PS. The fraction of sp³-hybridized carbons (Fsp3) is 0.429. The minimum Gasteiger partial charge on any atom is -0.478 e. The molecule has 1 saturated heterocycles. The molecule has 0 aliphatic carbocycles. The summed E-state index contributed by atoms with van der Waals surface area (Å²) in [5.41, 5.74) is -0.793. The van der Waals surface area contributed by atoms with E-state index in [-0.39, 0.29) is 43.5 Å². The average molecular weight is 514 g/mol. The van der Waals surface area contributed by atoms with Gasteiger partial charge in [0.1, 0.15) is 5.75 Å². The van der Waals surface area contributed by atoms with Crippen LogP contribution in [0.3, 0.4) is 0 Å². The van der Waals surface area contributed by atoms with Gasteiger partial charge in [-0.1, -0.05) is 43.8 Å². The van der Waals surface area contributed by atoms with Crippen LogP contribution in [-0.2, 0) is 32.8 Å². The monoisotopic (exact) mass is 514 g/mol. The van der Waals surface area contributed by atoms with Crippen LogP contribution in [0.4, 0.5) is 0 Å². The lowest BCUT2D eigenvalue weighted by molar-refractivity contribution is -0.140. The zero-order chi connectivity index (χ0) is 25.2. The third-order valence-corrected chi connectivity index (χ3v) is 6.60. The maximum absolute atomic E-state index is 12.9. The predicted octanol–water partition coefficient (Wildman–Crippen LogP) is 2.14. The molecule has 186 valence electrons. The number of nitrogens with one attached hydrogen (secondary N) is 2. The Morgan fingerprint density at radius 3 is 2.56 bits per heavy atom. The summed E-state index contributed by atoms with van der Waals surface area (Å²) in [6.07, 6.45) is 0.534. The van der Waals surface area contributed by atoms with Gasteiger partial charge in [-0.25, -0.2) is 9.36 Å². The Balaban J connectivity index is 1.76. The van der Waals surface area contributed by atoms with E-state index in [2.05, 4.69) is 10.6 Å². The highest BCUT2D eigenvalue weighted by molar-refractivity contribution is 8.14. The number of carboxylic acid groups (broad SMARTS) is 1. The molecule has 2 rings (SSSR count). The highest BCUT2D eigenvalue weighted by Gasteiger charge is 2.49. The van der Waals surface area contributed by atoms with Crippen LogP contribution in [-0.4, -0.2) is 59.6 Å². The number of phosphoric ester groups is 1. The van der Waals surface area contributed by atoms with Crippen LogP contribution in [0, 0.1) is 5.41 Å². The fourth-order valence-corrected chi connectivity index (χ4v) is 4.93. The van der Waals surface area contributed by atoms with Gasteiger partial charge in [0.15, 0.2) is 6.10 Å². The van der Waals surface area contributed by atoms with Gasteiger partial charge in [0.2, 0.25) is 11.0 Å². The van der Waals surface area contributed by atoms with Crippen molar-refractivity contribution in [3.05, 3.63) is 42.5 Å². The number of amides is 2. The molecule has 2 amide bonds. The zero-order valence-corrected chi connectivity index (χ0v) is 20.4. The standard InChI is InChI=1S/C21H27N2O9PS/c1-21(2)14-30-33(29,31-15-6-4-3-5-7-15)32-19(21)20(28)23-11-10-16(24)22-12-13-34-18(27)9-8-17(25)26/h3-9,19H,10-14H2,1-2H3,(H,22,24)(H,23,28)(H,25,26)/b9-8+/t19-,33?/m0/s1. The molecule has 1 unspecified atom stereocenters. The van der Waals surface area contributed by atoms with Gasteiger partial charge >= 0.3 is 13.8 Å². The Morgan fingerprint density at radius 2 is 1.88 bits per heavy atom. The first-order valence-electron chi connectivity index (χ1n) is 10.3. The van der Waals surface area contributed by atoms with E-state index in [1.807, 2.05) is 0 Å². The van der Waals surface area contributed by atoms with E-state index in [1.165, 1.54) is 0 Å². The minimum absolute atomic E-state index is 0.0126. The van der Waals surface area contributed by atoms with Crippen LogP contribution in [0.15, 0.2) is 42.5 Å². The van der Waals surface area contributed by atoms with Gasteiger partial charge in [-0.2, -0.15) is 0 Å². The number of hydrogen-bond acceptors (Lipinski definition) is 9. The van der Waals surface area contributed by atoms with Gasteiger partial charge < -0.3 is 20.3 Å². The third kappa shape index (κ3) is 9.30. The van der Waals surface area contributed by atoms with Crippen molar-refractivity contribution in [2.24, 2.45) is 5.41 Å². The number of carboxylic acids is 1. The first-order valence-corrected chi connectivity index (χ1v) is 12.8. The topological polar surface area (TPSA) is 157 Å². The second kappa shape index (κ2) is 12.7. The first kappa shape index (κ1) is 27.6. The second-order valence-electron chi connectivity index (χ2n) is 7.83. The van der Waals surface area contributed by atoms with Crippen molar-refractivity contribution >= 4 is 42.5 Å². The van der Waals surface area contributed by atoms with Gasteiger partial charge in [-0.05, 0) is 18.2 Å². The third-order valence-electron chi connectivity index (χ3n) is 4.42. The molecule has 0 spiro atoms. The number of phosphoric acid groups is 1. The highest BCUT2D eigenvalue weighted by atomic mass is 32.2. The van der Waals surface area contributed by atoms with E-state index in [1.54, 1.807) is 44.2 Å². The smallest absolute Gasteiger partial charge is 0.478 e. The van der Waals surface area contributed by atoms with Gasteiger partial charge in [-0.15, -0.1) is 0 Å². The highest BCUT2D eigenvalue weighted by Crippen LogP contribution is 2.56. The summed E-state index contributed by atoms with van der Waals surface area (Å²) in [5, 5.41) is 13.2. The van der Waals surface area contributed by atoms with Crippen molar-refractivity contribution in [3.8, 4) is 5.75 Å². The predicted molar refractivity (Wildman–Crippen MR) is 124 cm³/mol. The summed E-state index contributed by atoms with van der Waals surface area (Å²) in [6.45, 7) is 3.62. The van der Waals surface area contributed by atoms with Crippen molar-refractivity contribution < 1.29 is 42.4 Å². The second-order valence-corrected chi connectivity index (χ2v) is 10.5. The lowest BCUT2D eigenvalue weighted by Crippen LogP contribution is -2.50. The molecule has 1 aliphatic heterocycles. The van der Waals surface area contributed by atoms with Crippen molar-refractivity contribution in [2.75, 3.05) is 25.4 Å². The molecule has 2 atom stereocenters. The van der Waals surface area contributed by atoms with E-state index in [0.717, 1.165) is 23.9 Å². The van der Waals surface area contributed by atoms with Gasteiger partial charge in [0, 0.05) is 36.8 Å². The average Bonchev–Trinajstić information content (AvgIpc) is 2.78. The molecule has 0 radical (unpaired) electrons. The first-order chi connectivity index (χ1) is 16.0. The van der Waals surface area contributed by atoms with Crippen LogP contribution < -0.4 is 15.2 Å². The Hall–Kier alpha value is -2.66. The number of carbonyl (C=O) groups is 4. The molecule has 34 heavy (non-hydrogen) atoms. The van der Waals surface area contributed by atoms with Crippen LogP contribution in [0.25, 0.3) is 0 Å². The SMILES string of the molecule is CC1(C)COP(=O)(Oc2ccccc2)O[C@H]1C(=O)NCCC(=O)NCCSC(=O)/C=C/C(=O)O. The van der Waals surface area contributed by atoms with E-state index in [0.29, 0.717) is 0 Å². The molecular weight excluding hydrogens is 487 g/mol. The summed E-state index contributed by atoms with van der Waals surface area (Å²) in [7, 11) is -4.02. The molecule has 13 heteroatoms. The molecule has 11 nitrogen and oxygen atoms in total. The maximum Gasteiger partial charge on any atom is 0.530 e. The fourth-order valence-electron chi connectivity index (χ4n) is 2.69. The summed E-state index contributed by atoms with van der Waals surface area (Å²) >= 11 is 0.868. The summed E-state index contributed by atoms with van der Waals surface area (Å²) in [6, 6.07) is 8.32. The maximum atomic E-state index is 12.9. The Labute approximate surface area is 201 Å². The molecule has 3 N–H and O–H groups in total. The van der Waals surface area contributed by atoms with Gasteiger partial charge in [0.05, 0.1) is 6.61 Å². The van der Waals surface area contributed by atoms with Crippen molar-refractivity contribution in [1.29, 1.82) is 0 Å². The molecule has 1 heterocycles. The van der Waals surface area contributed by atoms with Crippen molar-refractivity contribution in [1.82, 2.24) is 10.6 Å². The van der Waals surface area contributed by atoms with E-state index in [4.69, 9.17) is 18.7 Å². The molecule has 1 fully saturated rings. The lowest BCUT2D eigenvalue weighted by Gasteiger charge is -2.39. The van der Waals surface area contributed by atoms with Gasteiger partial charge in [0.25, 0.3) is 5.91 Å². The van der Waals surface area contributed by atoms with Crippen LogP contribution in [0.5, 0.6) is 5.75 Å². The molecule has 1 aromatic carbocycles. The zero-order valence-electron chi connectivity index (χ0n) is 18.7. The number of hydrogen-bond donors (Lipinski definition) is 3.